The molecule has 1 aliphatic carbocycles. The van der Waals surface area contributed by atoms with Crippen LogP contribution in [-0.4, -0.2) is 32.1 Å². The summed E-state index contributed by atoms with van der Waals surface area (Å²) < 4.78 is 21.1. The zero-order valence-corrected chi connectivity index (χ0v) is 24.8. The van der Waals surface area contributed by atoms with Crippen molar-refractivity contribution in [1.82, 2.24) is 0 Å². The normalized spacial score (nSPS) is 13.6. The molecule has 3 aromatic rings. The van der Waals surface area contributed by atoms with E-state index in [1.165, 1.54) is 17.1 Å². The molecule has 0 unspecified atom stereocenters. The first-order valence-corrected chi connectivity index (χ1v) is 14.5. The van der Waals surface area contributed by atoms with Gasteiger partial charge in [0.15, 0.2) is 5.82 Å². The highest BCUT2D eigenvalue weighted by Crippen LogP contribution is 2.32. The number of hydrogen-bond acceptors (Lipinski definition) is 5. The van der Waals surface area contributed by atoms with Crippen molar-refractivity contribution in [2.24, 2.45) is 5.92 Å². The Hall–Kier alpha value is -4.44. The van der Waals surface area contributed by atoms with E-state index in [2.05, 4.69) is 6.07 Å². The quantitative estimate of drug-likeness (QED) is 0.198. The number of nitriles is 1. The smallest absolute Gasteiger partial charge is 0.331 e. The molecule has 0 N–H and O–H groups in total. The summed E-state index contributed by atoms with van der Waals surface area (Å²) in [6, 6.07) is 20.6. The zero-order chi connectivity index (χ0) is 30.2. The molecule has 0 bridgehead atoms. The molecule has 218 valence electrons. The minimum absolute atomic E-state index is 0.114. The van der Waals surface area contributed by atoms with Crippen LogP contribution in [0, 0.1) is 23.1 Å². The van der Waals surface area contributed by atoms with Gasteiger partial charge in [-0.15, -0.1) is 0 Å². The summed E-state index contributed by atoms with van der Waals surface area (Å²) >= 11 is 0. The Morgan fingerprint density at radius 1 is 1.05 bits per heavy atom. The number of benzene rings is 3. The number of amides is 1. The van der Waals surface area contributed by atoms with E-state index in [1.54, 1.807) is 38.1 Å². The second-order valence-corrected chi connectivity index (χ2v) is 11.2. The lowest BCUT2D eigenvalue weighted by atomic mass is 9.88. The molecular weight excluding hydrogens is 529 g/mol. The van der Waals surface area contributed by atoms with Crippen LogP contribution in [0.5, 0.6) is 0 Å². The molecule has 0 heterocycles. The van der Waals surface area contributed by atoms with Crippen LogP contribution >= 0.6 is 0 Å². The van der Waals surface area contributed by atoms with E-state index in [9.17, 15) is 14.9 Å². The largest absolute Gasteiger partial charge is 0.460 e. The van der Waals surface area contributed by atoms with Gasteiger partial charge in [-0.3, -0.25) is 4.79 Å². The molecule has 1 aliphatic rings. The van der Waals surface area contributed by atoms with Gasteiger partial charge in [0.1, 0.15) is 0 Å². The summed E-state index contributed by atoms with van der Waals surface area (Å²) in [4.78, 5) is 29.4. The molecule has 7 heteroatoms. The molecular formula is C35H38FN3O3. The number of esters is 1. The van der Waals surface area contributed by atoms with E-state index in [-0.39, 0.29) is 35.7 Å². The van der Waals surface area contributed by atoms with E-state index in [1.807, 2.05) is 55.4 Å². The van der Waals surface area contributed by atoms with E-state index < -0.39 is 11.8 Å². The van der Waals surface area contributed by atoms with Gasteiger partial charge in [-0.2, -0.15) is 5.26 Å². The molecule has 4 rings (SSSR count). The standard InChI is InChI=1S/C35H38FN3O3/c1-24(2)42-33(40)20-16-27-11-8-12-32(34(27)36)39(35(41)28-9-6-5-7-10-28)23-25-13-19-31(29(21-25)22-37)26-14-17-30(18-15-26)38(3)4/h8,11-21,24,28H,5-7,9-10,23H2,1-4H3/b20-16+. The van der Waals surface area contributed by atoms with Crippen molar-refractivity contribution in [3.8, 4) is 17.2 Å². The Morgan fingerprint density at radius 3 is 2.40 bits per heavy atom. The predicted octanol–water partition coefficient (Wildman–Crippen LogP) is 7.51. The van der Waals surface area contributed by atoms with Crippen molar-refractivity contribution in [3.05, 3.63) is 89.2 Å². The summed E-state index contributed by atoms with van der Waals surface area (Å²) in [6.45, 7) is 3.60. The highest BCUT2D eigenvalue weighted by Gasteiger charge is 2.29. The Kier molecular flexibility index (Phi) is 10.1. The van der Waals surface area contributed by atoms with Gasteiger partial charge >= 0.3 is 5.97 Å². The molecule has 3 aromatic carbocycles. The maximum atomic E-state index is 15.9. The predicted molar refractivity (Wildman–Crippen MR) is 165 cm³/mol. The third-order valence-electron chi connectivity index (χ3n) is 7.51. The SMILES string of the molecule is CC(C)OC(=O)/C=C/c1cccc(N(Cc2ccc(-c3ccc(N(C)C)cc3)c(C#N)c2)C(=O)C2CCCCC2)c1F. The second kappa shape index (κ2) is 14.0. The average molecular weight is 568 g/mol. The van der Waals surface area contributed by atoms with Crippen molar-refractivity contribution < 1.29 is 18.7 Å². The summed E-state index contributed by atoms with van der Waals surface area (Å²) in [6.07, 6.45) is 6.83. The fourth-order valence-corrected chi connectivity index (χ4v) is 5.31. The summed E-state index contributed by atoms with van der Waals surface area (Å²) in [5.41, 5.74) is 4.31. The van der Waals surface area contributed by atoms with Crippen molar-refractivity contribution in [1.29, 1.82) is 5.26 Å². The number of carbonyl (C=O) groups excluding carboxylic acids is 2. The number of halogens is 1. The Bertz CT molecular complexity index is 1480. The fraction of sp³-hybridized carbons (Fsp3) is 0.343. The van der Waals surface area contributed by atoms with E-state index in [0.717, 1.165) is 54.5 Å². The van der Waals surface area contributed by atoms with E-state index in [0.29, 0.717) is 5.56 Å². The number of anilines is 2. The maximum Gasteiger partial charge on any atom is 0.331 e. The molecule has 0 atom stereocenters. The van der Waals surface area contributed by atoms with Crippen LogP contribution in [0.4, 0.5) is 15.8 Å². The van der Waals surface area contributed by atoms with E-state index in [4.69, 9.17) is 4.74 Å². The van der Waals surface area contributed by atoms with Crippen molar-refractivity contribution >= 4 is 29.3 Å². The number of rotatable bonds is 9. The lowest BCUT2D eigenvalue weighted by Gasteiger charge is -2.30. The maximum absolute atomic E-state index is 15.9. The molecule has 0 saturated heterocycles. The second-order valence-electron chi connectivity index (χ2n) is 11.2. The first kappa shape index (κ1) is 30.5. The number of ether oxygens (including phenoxy) is 1. The van der Waals surface area contributed by atoms with Crippen LogP contribution in [-0.2, 0) is 20.9 Å². The Labute approximate surface area is 248 Å². The monoisotopic (exact) mass is 567 g/mol. The third kappa shape index (κ3) is 7.44. The van der Waals surface area contributed by atoms with E-state index >= 15 is 4.39 Å². The van der Waals surface area contributed by atoms with Crippen LogP contribution in [0.2, 0.25) is 0 Å². The summed E-state index contributed by atoms with van der Waals surface area (Å²) in [7, 11) is 3.95. The molecule has 0 aliphatic heterocycles. The molecule has 0 radical (unpaired) electrons. The minimum Gasteiger partial charge on any atom is -0.460 e. The Balaban J connectivity index is 1.68. The zero-order valence-electron chi connectivity index (χ0n) is 24.8. The van der Waals surface area contributed by atoms with Gasteiger partial charge in [0.05, 0.1) is 30.0 Å². The van der Waals surface area contributed by atoms with Crippen molar-refractivity contribution in [2.75, 3.05) is 23.9 Å². The van der Waals surface area contributed by atoms with Crippen molar-refractivity contribution in [3.63, 3.8) is 0 Å². The average Bonchev–Trinajstić information content (AvgIpc) is 2.99. The molecule has 1 saturated carbocycles. The molecule has 1 amide bonds. The number of nitrogens with zero attached hydrogens (tertiary/aromatic N) is 3. The van der Waals surface area contributed by atoms with Crippen LogP contribution in [0.25, 0.3) is 17.2 Å². The lowest BCUT2D eigenvalue weighted by Crippen LogP contribution is -2.37. The highest BCUT2D eigenvalue weighted by atomic mass is 19.1. The molecule has 42 heavy (non-hydrogen) atoms. The number of carbonyl (C=O) groups is 2. The first-order valence-electron chi connectivity index (χ1n) is 14.5. The van der Waals surface area contributed by atoms with Gasteiger partial charge in [-0.25, -0.2) is 9.18 Å². The van der Waals surface area contributed by atoms with Gasteiger partial charge in [-0.1, -0.05) is 55.7 Å². The first-order chi connectivity index (χ1) is 20.2. The summed E-state index contributed by atoms with van der Waals surface area (Å²) in [5, 5.41) is 10.0. The Morgan fingerprint density at radius 2 is 1.76 bits per heavy atom. The lowest BCUT2D eigenvalue weighted by molar-refractivity contribution is -0.141. The summed E-state index contributed by atoms with van der Waals surface area (Å²) in [5.74, 6) is -1.47. The highest BCUT2D eigenvalue weighted by molar-refractivity contribution is 5.96. The van der Waals surface area contributed by atoms with Gasteiger partial charge in [0.2, 0.25) is 5.91 Å². The van der Waals surface area contributed by atoms with Crippen LogP contribution in [0.15, 0.2) is 66.7 Å². The van der Waals surface area contributed by atoms with Gasteiger partial charge in [-0.05, 0) is 73.7 Å². The minimum atomic E-state index is -0.589. The van der Waals surface area contributed by atoms with Crippen LogP contribution < -0.4 is 9.80 Å². The number of hydrogen-bond donors (Lipinski definition) is 0. The molecule has 0 spiro atoms. The topological polar surface area (TPSA) is 73.6 Å². The fourth-order valence-electron chi connectivity index (χ4n) is 5.31. The van der Waals surface area contributed by atoms with Crippen LogP contribution in [0.3, 0.4) is 0 Å². The third-order valence-corrected chi connectivity index (χ3v) is 7.51. The van der Waals surface area contributed by atoms with Gasteiger partial charge < -0.3 is 14.5 Å². The molecule has 6 nitrogen and oxygen atoms in total. The molecule has 1 fully saturated rings. The van der Waals surface area contributed by atoms with Gasteiger partial charge in [0.25, 0.3) is 0 Å². The molecule has 0 aromatic heterocycles. The van der Waals surface area contributed by atoms with Crippen molar-refractivity contribution in [2.45, 2.75) is 58.6 Å². The van der Waals surface area contributed by atoms with Crippen LogP contribution in [0.1, 0.15) is 62.6 Å². The van der Waals surface area contributed by atoms with Gasteiger partial charge in [0, 0.05) is 37.3 Å².